The molecule has 232 valence electrons. The highest BCUT2D eigenvalue weighted by Gasteiger charge is 2.39. The zero-order valence-corrected chi connectivity index (χ0v) is 26.4. The van der Waals surface area contributed by atoms with E-state index in [4.69, 9.17) is 9.97 Å². The Bertz CT molecular complexity index is 1920. The number of phenolic OH excluding ortho intramolecular Hbond substituents is 1. The zero-order chi connectivity index (χ0) is 31.6. The fourth-order valence-electron chi connectivity index (χ4n) is 7.69. The van der Waals surface area contributed by atoms with Gasteiger partial charge in [-0.25, -0.2) is 9.97 Å². The van der Waals surface area contributed by atoms with Crippen molar-refractivity contribution in [2.75, 3.05) is 9.80 Å². The van der Waals surface area contributed by atoms with Crippen molar-refractivity contribution >= 4 is 28.6 Å². The van der Waals surface area contributed by atoms with E-state index in [0.717, 1.165) is 45.7 Å². The standard InChI is InChI=1S/C42H38N4O/c47-41-19-8-7-18-37(41)39-29-36(45(33-13-3-1-4-14-33)34-15-5-2-6-16-34)28-38(44-39)32-12-11-17-35(27-32)46(42-20-9-10-25-43-42)40-26-30-21-23-31(40)24-22-30/h1-20,25,27-31,40,47H,21-24,26H2. The number of hydrogen-bond acceptors (Lipinski definition) is 5. The summed E-state index contributed by atoms with van der Waals surface area (Å²) in [5, 5.41) is 11.0. The number of aromatic hydroxyl groups is 1. The Labute approximate surface area is 276 Å². The molecule has 0 saturated heterocycles. The number of anilines is 5. The van der Waals surface area contributed by atoms with Crippen molar-refractivity contribution in [2.24, 2.45) is 11.8 Å². The van der Waals surface area contributed by atoms with Gasteiger partial charge in [-0.15, -0.1) is 0 Å². The Morgan fingerprint density at radius 2 is 1.23 bits per heavy atom. The first kappa shape index (κ1) is 29.0. The predicted molar refractivity (Wildman–Crippen MR) is 192 cm³/mol. The van der Waals surface area contributed by atoms with Crippen LogP contribution in [-0.2, 0) is 0 Å². The first-order valence-corrected chi connectivity index (χ1v) is 16.7. The van der Waals surface area contributed by atoms with E-state index in [2.05, 4.69) is 107 Å². The number of phenols is 1. The van der Waals surface area contributed by atoms with Crippen LogP contribution >= 0.6 is 0 Å². The summed E-state index contributed by atoms with van der Waals surface area (Å²) in [5.41, 5.74) is 7.45. The van der Waals surface area contributed by atoms with Crippen LogP contribution in [0.2, 0.25) is 0 Å². The number of rotatable bonds is 8. The van der Waals surface area contributed by atoms with Crippen molar-refractivity contribution in [3.05, 3.63) is 146 Å². The summed E-state index contributed by atoms with van der Waals surface area (Å²) in [6, 6.07) is 47.9. The van der Waals surface area contributed by atoms with E-state index in [-0.39, 0.29) is 5.75 Å². The number of hydrogen-bond donors (Lipinski definition) is 1. The number of nitrogens with zero attached hydrogens (tertiary/aromatic N) is 4. The quantitative estimate of drug-likeness (QED) is 0.185. The van der Waals surface area contributed by atoms with Crippen LogP contribution in [0.15, 0.2) is 146 Å². The molecule has 1 N–H and O–H groups in total. The van der Waals surface area contributed by atoms with Gasteiger partial charge >= 0.3 is 0 Å². The van der Waals surface area contributed by atoms with Crippen molar-refractivity contribution in [1.29, 1.82) is 0 Å². The lowest BCUT2D eigenvalue weighted by atomic mass is 9.67. The van der Waals surface area contributed by atoms with Gasteiger partial charge in [0.15, 0.2) is 0 Å². The van der Waals surface area contributed by atoms with Gasteiger partial charge in [0.1, 0.15) is 11.6 Å². The molecule has 5 heteroatoms. The van der Waals surface area contributed by atoms with Crippen molar-refractivity contribution in [2.45, 2.75) is 38.1 Å². The minimum absolute atomic E-state index is 0.205. The van der Waals surface area contributed by atoms with Gasteiger partial charge in [0, 0.05) is 40.4 Å². The molecule has 1 unspecified atom stereocenters. The number of para-hydroxylation sites is 3. The molecule has 3 aliphatic rings. The monoisotopic (exact) mass is 614 g/mol. The second-order valence-corrected chi connectivity index (χ2v) is 12.8. The van der Waals surface area contributed by atoms with E-state index in [9.17, 15) is 5.11 Å². The van der Waals surface area contributed by atoms with Crippen LogP contribution in [0, 0.1) is 11.8 Å². The third-order valence-corrected chi connectivity index (χ3v) is 9.94. The number of pyridine rings is 2. The highest BCUT2D eigenvalue weighted by atomic mass is 16.3. The van der Waals surface area contributed by atoms with Crippen molar-refractivity contribution in [3.63, 3.8) is 0 Å². The highest BCUT2D eigenvalue weighted by molar-refractivity contribution is 5.83. The van der Waals surface area contributed by atoms with Gasteiger partial charge < -0.3 is 14.9 Å². The normalized spacial score (nSPS) is 18.5. The molecule has 47 heavy (non-hydrogen) atoms. The van der Waals surface area contributed by atoms with Crippen LogP contribution in [-0.4, -0.2) is 21.1 Å². The maximum Gasteiger partial charge on any atom is 0.133 e. The lowest BCUT2D eigenvalue weighted by Crippen LogP contribution is -2.45. The Balaban J connectivity index is 1.29. The summed E-state index contributed by atoms with van der Waals surface area (Å²) >= 11 is 0. The van der Waals surface area contributed by atoms with Crippen LogP contribution in [0.1, 0.15) is 32.1 Å². The molecule has 5 nitrogen and oxygen atoms in total. The van der Waals surface area contributed by atoms with Gasteiger partial charge in [-0.1, -0.05) is 79.6 Å². The van der Waals surface area contributed by atoms with Crippen LogP contribution < -0.4 is 9.80 Å². The molecule has 9 rings (SSSR count). The molecule has 0 amide bonds. The average Bonchev–Trinajstić information content (AvgIpc) is 3.14. The van der Waals surface area contributed by atoms with Gasteiger partial charge in [0.05, 0.1) is 17.1 Å². The smallest absolute Gasteiger partial charge is 0.133 e. The van der Waals surface area contributed by atoms with E-state index < -0.39 is 0 Å². The lowest BCUT2D eigenvalue weighted by Gasteiger charge is -2.47. The average molecular weight is 615 g/mol. The van der Waals surface area contributed by atoms with E-state index in [1.165, 1.54) is 32.1 Å². The molecule has 1 atom stereocenters. The molecule has 2 bridgehead atoms. The Kier molecular flexibility index (Phi) is 7.88. The molecular weight excluding hydrogens is 576 g/mol. The second kappa shape index (κ2) is 12.8. The fraction of sp³-hybridized carbons (Fsp3) is 0.190. The van der Waals surface area contributed by atoms with E-state index in [1.54, 1.807) is 6.07 Å². The second-order valence-electron chi connectivity index (χ2n) is 12.8. The summed E-state index contributed by atoms with van der Waals surface area (Å²) in [5.74, 6) is 2.67. The largest absolute Gasteiger partial charge is 0.507 e. The third-order valence-electron chi connectivity index (χ3n) is 9.94. The zero-order valence-electron chi connectivity index (χ0n) is 26.4. The van der Waals surface area contributed by atoms with Gasteiger partial charge in [-0.2, -0.15) is 0 Å². The SMILES string of the molecule is Oc1ccccc1-c1cc(N(c2ccccc2)c2ccccc2)cc(-c2cccc(N(c3ccccn3)C3CC4CCC3CC4)c2)n1. The van der Waals surface area contributed by atoms with E-state index in [0.29, 0.717) is 23.2 Å². The minimum atomic E-state index is 0.205. The van der Waals surface area contributed by atoms with Crippen LogP contribution in [0.5, 0.6) is 5.75 Å². The Hall–Kier alpha value is -5.42. The van der Waals surface area contributed by atoms with Gasteiger partial charge in [0.2, 0.25) is 0 Å². The molecule has 0 radical (unpaired) electrons. The first-order chi connectivity index (χ1) is 23.2. The van der Waals surface area contributed by atoms with Crippen LogP contribution in [0.3, 0.4) is 0 Å². The van der Waals surface area contributed by atoms with Gasteiger partial charge in [-0.05, 0) is 104 Å². The minimum Gasteiger partial charge on any atom is -0.507 e. The molecule has 0 aliphatic heterocycles. The first-order valence-electron chi connectivity index (χ1n) is 16.7. The number of fused-ring (bicyclic) bond motifs is 3. The van der Waals surface area contributed by atoms with Crippen LogP contribution in [0.4, 0.5) is 28.6 Å². The highest BCUT2D eigenvalue weighted by Crippen LogP contribution is 2.47. The molecule has 3 aliphatic carbocycles. The molecule has 0 spiro atoms. The molecular formula is C42H38N4O. The topological polar surface area (TPSA) is 52.5 Å². The maximum atomic E-state index is 11.0. The summed E-state index contributed by atoms with van der Waals surface area (Å²) in [4.78, 5) is 14.8. The maximum absolute atomic E-state index is 11.0. The molecule has 3 saturated carbocycles. The lowest BCUT2D eigenvalue weighted by molar-refractivity contribution is 0.146. The van der Waals surface area contributed by atoms with Gasteiger partial charge in [-0.3, -0.25) is 0 Å². The third kappa shape index (κ3) is 5.85. The summed E-state index contributed by atoms with van der Waals surface area (Å²) in [6.07, 6.45) is 8.39. The summed E-state index contributed by atoms with van der Waals surface area (Å²) < 4.78 is 0. The van der Waals surface area contributed by atoms with Crippen molar-refractivity contribution < 1.29 is 5.11 Å². The summed E-state index contributed by atoms with van der Waals surface area (Å²) in [7, 11) is 0. The fourth-order valence-corrected chi connectivity index (χ4v) is 7.69. The molecule has 4 aromatic carbocycles. The van der Waals surface area contributed by atoms with Gasteiger partial charge in [0.25, 0.3) is 0 Å². The number of benzene rings is 4. The summed E-state index contributed by atoms with van der Waals surface area (Å²) in [6.45, 7) is 0. The molecule has 3 fully saturated rings. The Morgan fingerprint density at radius 3 is 1.89 bits per heavy atom. The van der Waals surface area contributed by atoms with Crippen LogP contribution in [0.25, 0.3) is 22.5 Å². The van der Waals surface area contributed by atoms with E-state index >= 15 is 0 Å². The molecule has 2 heterocycles. The van der Waals surface area contributed by atoms with E-state index in [1.807, 2.05) is 42.6 Å². The Morgan fingerprint density at radius 1 is 0.574 bits per heavy atom. The molecule has 6 aromatic rings. The molecule has 2 aromatic heterocycles. The van der Waals surface area contributed by atoms with Crippen molar-refractivity contribution in [1.82, 2.24) is 9.97 Å². The predicted octanol–water partition coefficient (Wildman–Crippen LogP) is 10.7. The number of aromatic nitrogens is 2. The van der Waals surface area contributed by atoms with Crippen molar-refractivity contribution in [3.8, 4) is 28.3 Å².